The Morgan fingerprint density at radius 2 is 1.65 bits per heavy atom. The van der Waals surface area contributed by atoms with E-state index in [0.717, 1.165) is 0 Å². The first kappa shape index (κ1) is 23.1. The maximum absolute atomic E-state index is 12.0. The fourth-order valence-electron chi connectivity index (χ4n) is 1.88. The molecule has 12 nitrogen and oxygen atoms in total. The van der Waals surface area contributed by atoms with Gasteiger partial charge in [-0.25, -0.2) is 4.79 Å². The molecule has 0 saturated carbocycles. The highest BCUT2D eigenvalue weighted by atomic mass is 16.4. The Morgan fingerprint density at radius 1 is 1.04 bits per heavy atom. The fourth-order valence-corrected chi connectivity index (χ4v) is 1.88. The summed E-state index contributed by atoms with van der Waals surface area (Å²) >= 11 is 0. The standard InChI is InChI=1S/C14H27N7O5/c1-7(11(23)21-9(13(25)26)4-5-10(16)22)20-12(24)8(15)3-2-6-19-14(17)18/h7-9H,2-6,15H2,1H3,(H2,16,22)(H,20,24)(H,21,23)(H,25,26)(H4,17,18,19)/t7-,8-,9-/m0/s1. The van der Waals surface area contributed by atoms with Crippen LogP contribution in [0.15, 0.2) is 4.99 Å². The summed E-state index contributed by atoms with van der Waals surface area (Å²) in [5.74, 6) is -3.34. The van der Waals surface area contributed by atoms with Gasteiger partial charge >= 0.3 is 5.97 Å². The van der Waals surface area contributed by atoms with Crippen LogP contribution in [-0.4, -0.2) is 59.4 Å². The zero-order chi connectivity index (χ0) is 20.3. The molecule has 0 rings (SSSR count). The molecule has 0 bridgehead atoms. The molecule has 12 heteroatoms. The van der Waals surface area contributed by atoms with Crippen LogP contribution >= 0.6 is 0 Å². The van der Waals surface area contributed by atoms with Crippen LogP contribution in [0.2, 0.25) is 0 Å². The minimum atomic E-state index is -1.31. The van der Waals surface area contributed by atoms with E-state index in [1.54, 1.807) is 0 Å². The number of rotatable bonds is 12. The zero-order valence-electron chi connectivity index (χ0n) is 14.6. The Kier molecular flexibility index (Phi) is 10.3. The minimum Gasteiger partial charge on any atom is -0.480 e. The highest BCUT2D eigenvalue weighted by molar-refractivity contribution is 5.91. The van der Waals surface area contributed by atoms with Crippen molar-refractivity contribution in [2.45, 2.75) is 50.7 Å². The number of carbonyl (C=O) groups is 4. The van der Waals surface area contributed by atoms with Crippen LogP contribution in [0.1, 0.15) is 32.6 Å². The molecule has 3 amide bonds. The second-order valence-corrected chi connectivity index (χ2v) is 5.69. The predicted octanol–water partition coefficient (Wildman–Crippen LogP) is -3.29. The number of carboxylic acids is 1. The van der Waals surface area contributed by atoms with Crippen molar-refractivity contribution in [1.82, 2.24) is 10.6 Å². The molecule has 0 saturated heterocycles. The van der Waals surface area contributed by atoms with E-state index in [4.69, 9.17) is 28.0 Å². The van der Waals surface area contributed by atoms with E-state index in [9.17, 15) is 19.2 Å². The topological polar surface area (TPSA) is 229 Å². The quantitative estimate of drug-likeness (QED) is 0.104. The van der Waals surface area contributed by atoms with Gasteiger partial charge in [0.25, 0.3) is 0 Å². The van der Waals surface area contributed by atoms with Gasteiger partial charge in [-0.15, -0.1) is 0 Å². The molecule has 0 aromatic heterocycles. The van der Waals surface area contributed by atoms with Crippen LogP contribution < -0.4 is 33.6 Å². The first-order chi connectivity index (χ1) is 12.0. The van der Waals surface area contributed by atoms with Gasteiger partial charge in [-0.1, -0.05) is 0 Å². The largest absolute Gasteiger partial charge is 0.480 e. The molecule has 3 atom stereocenters. The monoisotopic (exact) mass is 373 g/mol. The highest BCUT2D eigenvalue weighted by Gasteiger charge is 2.25. The number of carboxylic acid groups (broad SMARTS) is 1. The summed E-state index contributed by atoms with van der Waals surface area (Å²) < 4.78 is 0. The summed E-state index contributed by atoms with van der Waals surface area (Å²) in [6.45, 7) is 1.70. The molecule has 0 aliphatic rings. The third-order valence-corrected chi connectivity index (χ3v) is 3.35. The smallest absolute Gasteiger partial charge is 0.326 e. The van der Waals surface area contributed by atoms with Crippen molar-refractivity contribution in [2.75, 3.05) is 6.54 Å². The van der Waals surface area contributed by atoms with Crippen LogP contribution in [0.3, 0.4) is 0 Å². The Hall–Kier alpha value is -2.89. The third kappa shape index (κ3) is 10.1. The molecule has 0 aliphatic heterocycles. The van der Waals surface area contributed by atoms with Crippen molar-refractivity contribution < 1.29 is 24.3 Å². The SMILES string of the molecule is C[C@H](NC(=O)[C@@H](N)CCCN=C(N)N)C(=O)N[C@@H](CCC(N)=O)C(=O)O. The van der Waals surface area contributed by atoms with Crippen LogP contribution in [0.25, 0.3) is 0 Å². The van der Waals surface area contributed by atoms with Crippen molar-refractivity contribution in [3.63, 3.8) is 0 Å². The number of primary amides is 1. The Labute approximate surface area is 150 Å². The molecular formula is C14H27N7O5. The molecule has 0 aromatic rings. The second kappa shape index (κ2) is 11.6. The maximum atomic E-state index is 12.0. The molecule has 0 heterocycles. The Morgan fingerprint density at radius 3 is 2.15 bits per heavy atom. The van der Waals surface area contributed by atoms with E-state index in [1.165, 1.54) is 6.92 Å². The number of hydrogen-bond donors (Lipinski definition) is 7. The van der Waals surface area contributed by atoms with E-state index in [2.05, 4.69) is 15.6 Å². The summed E-state index contributed by atoms with van der Waals surface area (Å²) in [6.07, 6.45) is 0.425. The lowest BCUT2D eigenvalue weighted by molar-refractivity contribution is -0.142. The van der Waals surface area contributed by atoms with Crippen LogP contribution in [0.4, 0.5) is 0 Å². The van der Waals surface area contributed by atoms with Gasteiger partial charge in [0.15, 0.2) is 5.96 Å². The van der Waals surface area contributed by atoms with Crippen LogP contribution in [0, 0.1) is 0 Å². The van der Waals surface area contributed by atoms with Gasteiger partial charge in [0.2, 0.25) is 17.7 Å². The first-order valence-electron chi connectivity index (χ1n) is 7.97. The number of aliphatic carboxylic acids is 1. The maximum Gasteiger partial charge on any atom is 0.326 e. The van der Waals surface area contributed by atoms with Gasteiger partial charge < -0.3 is 38.7 Å². The van der Waals surface area contributed by atoms with E-state index in [-0.39, 0.29) is 18.8 Å². The average Bonchev–Trinajstić information content (AvgIpc) is 2.53. The lowest BCUT2D eigenvalue weighted by atomic mass is 10.1. The van der Waals surface area contributed by atoms with Gasteiger partial charge in [-0.05, 0) is 26.2 Å². The highest BCUT2D eigenvalue weighted by Crippen LogP contribution is 2.00. The second-order valence-electron chi connectivity index (χ2n) is 5.69. The summed E-state index contributed by atoms with van der Waals surface area (Å²) in [5, 5.41) is 13.7. The molecule has 148 valence electrons. The van der Waals surface area contributed by atoms with Crippen molar-refractivity contribution in [3.05, 3.63) is 0 Å². The van der Waals surface area contributed by atoms with Crippen molar-refractivity contribution in [1.29, 1.82) is 0 Å². The molecule has 0 fully saturated rings. The fraction of sp³-hybridized carbons (Fsp3) is 0.643. The molecule has 0 spiro atoms. The Bertz CT molecular complexity index is 548. The predicted molar refractivity (Wildman–Crippen MR) is 93.5 cm³/mol. The van der Waals surface area contributed by atoms with E-state index in [1.807, 2.05) is 0 Å². The van der Waals surface area contributed by atoms with E-state index < -0.39 is 41.8 Å². The van der Waals surface area contributed by atoms with Crippen LogP contribution in [-0.2, 0) is 19.2 Å². The number of guanidine groups is 1. The third-order valence-electron chi connectivity index (χ3n) is 3.35. The number of nitrogens with zero attached hydrogens (tertiary/aromatic N) is 1. The summed E-state index contributed by atoms with van der Waals surface area (Å²) in [7, 11) is 0. The number of nitrogens with one attached hydrogen (secondary N) is 2. The normalized spacial score (nSPS) is 13.8. The lowest BCUT2D eigenvalue weighted by Gasteiger charge is -2.20. The van der Waals surface area contributed by atoms with Gasteiger partial charge in [-0.2, -0.15) is 0 Å². The number of hydrogen-bond acceptors (Lipinski definition) is 6. The Balaban J connectivity index is 4.44. The van der Waals surface area contributed by atoms with Crippen molar-refractivity contribution in [2.24, 2.45) is 27.9 Å². The van der Waals surface area contributed by atoms with E-state index >= 15 is 0 Å². The molecular weight excluding hydrogens is 346 g/mol. The van der Waals surface area contributed by atoms with Crippen molar-refractivity contribution >= 4 is 29.7 Å². The summed E-state index contributed by atoms with van der Waals surface area (Å²) in [5.41, 5.74) is 21.0. The molecule has 0 radical (unpaired) electrons. The van der Waals surface area contributed by atoms with E-state index in [0.29, 0.717) is 19.4 Å². The first-order valence-corrected chi connectivity index (χ1v) is 7.97. The molecule has 26 heavy (non-hydrogen) atoms. The van der Waals surface area contributed by atoms with Gasteiger partial charge in [0.05, 0.1) is 6.04 Å². The van der Waals surface area contributed by atoms with Crippen LogP contribution in [0.5, 0.6) is 0 Å². The number of amides is 3. The average molecular weight is 373 g/mol. The zero-order valence-corrected chi connectivity index (χ0v) is 14.6. The lowest BCUT2D eigenvalue weighted by Crippen LogP contribution is -2.53. The number of carbonyl (C=O) groups excluding carboxylic acids is 3. The van der Waals surface area contributed by atoms with Gasteiger partial charge in [0, 0.05) is 13.0 Å². The number of nitrogens with two attached hydrogens (primary N) is 4. The molecule has 0 aromatic carbocycles. The summed E-state index contributed by atoms with van der Waals surface area (Å²) in [6, 6.07) is -3.17. The number of aliphatic imine (C=N–C) groups is 1. The molecule has 11 N–H and O–H groups in total. The minimum absolute atomic E-state index is 0.0577. The van der Waals surface area contributed by atoms with Gasteiger partial charge in [-0.3, -0.25) is 19.4 Å². The molecule has 0 aliphatic carbocycles. The molecule has 0 unspecified atom stereocenters. The van der Waals surface area contributed by atoms with Crippen molar-refractivity contribution in [3.8, 4) is 0 Å². The summed E-state index contributed by atoms with van der Waals surface area (Å²) in [4.78, 5) is 49.5. The van der Waals surface area contributed by atoms with Gasteiger partial charge in [0.1, 0.15) is 12.1 Å².